The summed E-state index contributed by atoms with van der Waals surface area (Å²) in [4.78, 5) is 22.9. The van der Waals surface area contributed by atoms with Crippen molar-refractivity contribution in [3.8, 4) is 11.1 Å². The molecular formula is C18H19NO3. The number of amides is 1. The summed E-state index contributed by atoms with van der Waals surface area (Å²) in [5.41, 5.74) is 2.36. The van der Waals surface area contributed by atoms with Gasteiger partial charge in [0.05, 0.1) is 5.69 Å². The molecule has 114 valence electrons. The quantitative estimate of drug-likeness (QED) is 0.848. The minimum absolute atomic E-state index is 0.508. The van der Waals surface area contributed by atoms with Gasteiger partial charge in [-0.25, -0.2) is 4.79 Å². The number of aldehydes is 1. The average Bonchev–Trinajstić information content (AvgIpc) is 2.46. The zero-order chi connectivity index (χ0) is 16.2. The SMILES string of the molecule is CC(C)(C)OC(=O)Nc1ccccc1-c1cccc(C=O)c1. The standard InChI is InChI=1S/C18H19NO3/c1-18(2,3)22-17(21)19-16-10-5-4-9-15(16)14-8-6-7-13(11-14)12-20/h4-12H,1-3H3,(H,19,21). The molecule has 0 radical (unpaired) electrons. The number of hydrogen-bond donors (Lipinski definition) is 1. The van der Waals surface area contributed by atoms with Crippen molar-refractivity contribution in [1.82, 2.24) is 0 Å². The van der Waals surface area contributed by atoms with Crippen LogP contribution in [0.4, 0.5) is 10.5 Å². The Kier molecular flexibility index (Phi) is 4.61. The third-order valence-electron chi connectivity index (χ3n) is 2.90. The summed E-state index contributed by atoms with van der Waals surface area (Å²) in [5.74, 6) is 0. The maximum Gasteiger partial charge on any atom is 0.412 e. The summed E-state index contributed by atoms with van der Waals surface area (Å²) < 4.78 is 5.27. The molecule has 2 rings (SSSR count). The van der Waals surface area contributed by atoms with E-state index in [4.69, 9.17) is 4.74 Å². The first-order valence-electron chi connectivity index (χ1n) is 7.04. The van der Waals surface area contributed by atoms with Crippen LogP contribution in [0, 0.1) is 0 Å². The minimum atomic E-state index is -0.559. The van der Waals surface area contributed by atoms with E-state index in [9.17, 15) is 9.59 Å². The van der Waals surface area contributed by atoms with Gasteiger partial charge in [-0.2, -0.15) is 0 Å². The second kappa shape index (κ2) is 6.43. The molecule has 0 aliphatic rings. The van der Waals surface area contributed by atoms with Crippen molar-refractivity contribution < 1.29 is 14.3 Å². The van der Waals surface area contributed by atoms with Crippen LogP contribution in [-0.2, 0) is 4.74 Å². The Balaban J connectivity index is 2.30. The molecule has 0 aromatic heterocycles. The van der Waals surface area contributed by atoms with Crippen molar-refractivity contribution in [2.75, 3.05) is 5.32 Å². The van der Waals surface area contributed by atoms with Gasteiger partial charge < -0.3 is 4.74 Å². The molecule has 0 saturated carbocycles. The van der Waals surface area contributed by atoms with E-state index >= 15 is 0 Å². The highest BCUT2D eigenvalue weighted by molar-refractivity contribution is 5.92. The van der Waals surface area contributed by atoms with Crippen molar-refractivity contribution in [2.45, 2.75) is 26.4 Å². The molecule has 0 saturated heterocycles. The maximum absolute atomic E-state index is 11.9. The molecule has 0 spiro atoms. The summed E-state index contributed by atoms with van der Waals surface area (Å²) in [6, 6.07) is 14.6. The largest absolute Gasteiger partial charge is 0.444 e. The number of para-hydroxylation sites is 1. The van der Waals surface area contributed by atoms with Crippen LogP contribution < -0.4 is 5.32 Å². The van der Waals surface area contributed by atoms with E-state index < -0.39 is 11.7 Å². The molecule has 0 bridgehead atoms. The minimum Gasteiger partial charge on any atom is -0.444 e. The molecule has 0 heterocycles. The van der Waals surface area contributed by atoms with Gasteiger partial charge in [-0.3, -0.25) is 10.1 Å². The summed E-state index contributed by atoms with van der Waals surface area (Å²) in [7, 11) is 0. The van der Waals surface area contributed by atoms with Gasteiger partial charge in [-0.15, -0.1) is 0 Å². The molecular weight excluding hydrogens is 278 g/mol. The van der Waals surface area contributed by atoms with Crippen LogP contribution in [0.5, 0.6) is 0 Å². The summed E-state index contributed by atoms with van der Waals surface area (Å²) >= 11 is 0. The first-order chi connectivity index (χ1) is 10.4. The summed E-state index contributed by atoms with van der Waals surface area (Å²) in [6.07, 6.45) is 0.291. The van der Waals surface area contributed by atoms with Crippen LogP contribution >= 0.6 is 0 Å². The van der Waals surface area contributed by atoms with E-state index in [2.05, 4.69) is 5.32 Å². The lowest BCUT2D eigenvalue weighted by Crippen LogP contribution is -2.27. The molecule has 2 aromatic carbocycles. The molecule has 0 aliphatic carbocycles. The number of carbonyl (C=O) groups excluding carboxylic acids is 2. The molecule has 0 aliphatic heterocycles. The Labute approximate surface area is 130 Å². The van der Waals surface area contributed by atoms with E-state index in [1.165, 1.54) is 0 Å². The number of hydrogen-bond acceptors (Lipinski definition) is 3. The third-order valence-corrected chi connectivity index (χ3v) is 2.90. The molecule has 1 amide bonds. The van der Waals surface area contributed by atoms with Crippen LogP contribution in [0.1, 0.15) is 31.1 Å². The van der Waals surface area contributed by atoms with Crippen LogP contribution in [-0.4, -0.2) is 18.0 Å². The molecule has 4 nitrogen and oxygen atoms in total. The molecule has 0 atom stereocenters. The number of carbonyl (C=O) groups is 2. The Morgan fingerprint density at radius 1 is 1.09 bits per heavy atom. The number of rotatable bonds is 3. The van der Waals surface area contributed by atoms with Crippen molar-refractivity contribution in [2.24, 2.45) is 0 Å². The zero-order valence-corrected chi connectivity index (χ0v) is 12.9. The normalized spacial score (nSPS) is 10.9. The molecule has 22 heavy (non-hydrogen) atoms. The van der Waals surface area contributed by atoms with E-state index in [1.54, 1.807) is 18.2 Å². The van der Waals surface area contributed by atoms with E-state index in [-0.39, 0.29) is 0 Å². The lowest BCUT2D eigenvalue weighted by atomic mass is 10.0. The fraction of sp³-hybridized carbons (Fsp3) is 0.222. The molecule has 0 fully saturated rings. The monoisotopic (exact) mass is 297 g/mol. The van der Waals surface area contributed by atoms with Crippen LogP contribution in [0.2, 0.25) is 0 Å². The lowest BCUT2D eigenvalue weighted by molar-refractivity contribution is 0.0636. The fourth-order valence-corrected chi connectivity index (χ4v) is 2.04. The molecule has 2 aromatic rings. The van der Waals surface area contributed by atoms with Crippen LogP contribution in [0.3, 0.4) is 0 Å². The number of anilines is 1. The van der Waals surface area contributed by atoms with E-state index in [0.29, 0.717) is 11.3 Å². The Hall–Kier alpha value is -2.62. The first kappa shape index (κ1) is 15.8. The molecule has 4 heteroatoms. The van der Waals surface area contributed by atoms with Crippen molar-refractivity contribution in [3.63, 3.8) is 0 Å². The number of ether oxygens (including phenoxy) is 1. The molecule has 0 unspecified atom stereocenters. The van der Waals surface area contributed by atoms with Gasteiger partial charge in [-0.05, 0) is 38.5 Å². The van der Waals surface area contributed by atoms with Crippen molar-refractivity contribution in [1.29, 1.82) is 0 Å². The average molecular weight is 297 g/mol. The number of nitrogens with one attached hydrogen (secondary N) is 1. The lowest BCUT2D eigenvalue weighted by Gasteiger charge is -2.20. The van der Waals surface area contributed by atoms with Crippen molar-refractivity contribution >= 4 is 18.1 Å². The van der Waals surface area contributed by atoms with Gasteiger partial charge >= 0.3 is 6.09 Å². The Bertz CT molecular complexity index is 687. The van der Waals surface area contributed by atoms with Gasteiger partial charge in [0, 0.05) is 11.1 Å². The molecule has 1 N–H and O–H groups in total. The van der Waals surface area contributed by atoms with Crippen molar-refractivity contribution in [3.05, 3.63) is 54.1 Å². The Morgan fingerprint density at radius 3 is 2.50 bits per heavy atom. The topological polar surface area (TPSA) is 55.4 Å². The zero-order valence-electron chi connectivity index (χ0n) is 12.9. The van der Waals surface area contributed by atoms with E-state index in [0.717, 1.165) is 17.4 Å². The third kappa shape index (κ3) is 4.19. The highest BCUT2D eigenvalue weighted by atomic mass is 16.6. The van der Waals surface area contributed by atoms with Gasteiger partial charge in [-0.1, -0.05) is 36.4 Å². The van der Waals surface area contributed by atoms with Gasteiger partial charge in [0.1, 0.15) is 11.9 Å². The predicted octanol–water partition coefficient (Wildman–Crippen LogP) is 4.51. The van der Waals surface area contributed by atoms with Gasteiger partial charge in [0.2, 0.25) is 0 Å². The second-order valence-corrected chi connectivity index (χ2v) is 5.92. The summed E-state index contributed by atoms with van der Waals surface area (Å²) in [5, 5.41) is 2.75. The Morgan fingerprint density at radius 2 is 1.82 bits per heavy atom. The fourth-order valence-electron chi connectivity index (χ4n) is 2.04. The van der Waals surface area contributed by atoms with Crippen LogP contribution in [0.25, 0.3) is 11.1 Å². The predicted molar refractivity (Wildman–Crippen MR) is 87.1 cm³/mol. The van der Waals surface area contributed by atoms with E-state index in [1.807, 2.05) is 51.1 Å². The van der Waals surface area contributed by atoms with Gasteiger partial charge in [0.15, 0.2) is 0 Å². The smallest absolute Gasteiger partial charge is 0.412 e. The first-order valence-corrected chi connectivity index (χ1v) is 7.04. The maximum atomic E-state index is 11.9. The van der Waals surface area contributed by atoms with Crippen LogP contribution in [0.15, 0.2) is 48.5 Å². The summed E-state index contributed by atoms with van der Waals surface area (Å²) in [6.45, 7) is 5.43. The highest BCUT2D eigenvalue weighted by Gasteiger charge is 2.17. The number of benzene rings is 2. The second-order valence-electron chi connectivity index (χ2n) is 5.92. The van der Waals surface area contributed by atoms with Gasteiger partial charge in [0.25, 0.3) is 0 Å². The highest BCUT2D eigenvalue weighted by Crippen LogP contribution is 2.28.